The molecule has 0 bridgehead atoms. The van der Waals surface area contributed by atoms with Crippen molar-refractivity contribution in [1.82, 2.24) is 0 Å². The van der Waals surface area contributed by atoms with Gasteiger partial charge >= 0.3 is 5.97 Å². The van der Waals surface area contributed by atoms with Crippen molar-refractivity contribution in [2.45, 2.75) is 13.5 Å². The molecule has 1 aromatic heterocycles. The standard InChI is InChI=1S/C15H15NO3/c1-12-3-2-4-14(11-12)19-10-9-16-7-5-13(6-8-16)15(17)18/h2-8,11H,9-10H2,1H3/p+1. The second-order valence-corrected chi connectivity index (χ2v) is 4.29. The largest absolute Gasteiger partial charge is 0.487 e. The molecular weight excluding hydrogens is 242 g/mol. The summed E-state index contributed by atoms with van der Waals surface area (Å²) in [6.45, 7) is 3.24. The van der Waals surface area contributed by atoms with Crippen LogP contribution in [0.1, 0.15) is 15.9 Å². The molecule has 0 aliphatic rings. The minimum Gasteiger partial charge on any atom is -0.487 e. The van der Waals surface area contributed by atoms with Crippen LogP contribution in [-0.2, 0) is 6.54 Å². The van der Waals surface area contributed by atoms with Crippen molar-refractivity contribution in [3.05, 3.63) is 59.9 Å². The molecule has 1 heterocycles. The molecule has 19 heavy (non-hydrogen) atoms. The van der Waals surface area contributed by atoms with Crippen molar-refractivity contribution in [2.75, 3.05) is 6.61 Å². The van der Waals surface area contributed by atoms with Crippen LogP contribution >= 0.6 is 0 Å². The SMILES string of the molecule is Cc1cccc(OCC[n+]2ccc(C(=O)O)cc2)c1. The number of carboxylic acid groups (broad SMARTS) is 1. The van der Waals surface area contributed by atoms with Gasteiger partial charge < -0.3 is 9.84 Å². The fraction of sp³-hybridized carbons (Fsp3) is 0.200. The van der Waals surface area contributed by atoms with E-state index in [9.17, 15) is 4.79 Å². The quantitative estimate of drug-likeness (QED) is 0.835. The lowest BCUT2D eigenvalue weighted by Crippen LogP contribution is -2.36. The average molecular weight is 258 g/mol. The first kappa shape index (κ1) is 13.1. The Balaban J connectivity index is 1.87. The number of benzene rings is 1. The van der Waals surface area contributed by atoms with E-state index in [0.717, 1.165) is 11.3 Å². The monoisotopic (exact) mass is 258 g/mol. The summed E-state index contributed by atoms with van der Waals surface area (Å²) in [4.78, 5) is 10.7. The minimum absolute atomic E-state index is 0.288. The second kappa shape index (κ2) is 6.00. The number of hydrogen-bond acceptors (Lipinski definition) is 2. The lowest BCUT2D eigenvalue weighted by molar-refractivity contribution is -0.697. The van der Waals surface area contributed by atoms with Gasteiger partial charge in [0.2, 0.25) is 0 Å². The number of rotatable bonds is 5. The third-order valence-electron chi connectivity index (χ3n) is 2.75. The number of aryl methyl sites for hydroxylation is 1. The van der Waals surface area contributed by atoms with Gasteiger partial charge in [-0.05, 0) is 24.6 Å². The van der Waals surface area contributed by atoms with Gasteiger partial charge in [0.05, 0.1) is 5.56 Å². The molecule has 0 saturated carbocycles. The highest BCUT2D eigenvalue weighted by molar-refractivity contribution is 5.87. The van der Waals surface area contributed by atoms with E-state index in [-0.39, 0.29) is 5.56 Å². The fourth-order valence-electron chi connectivity index (χ4n) is 1.72. The van der Waals surface area contributed by atoms with Crippen molar-refractivity contribution < 1.29 is 19.2 Å². The van der Waals surface area contributed by atoms with Crippen LogP contribution in [0.4, 0.5) is 0 Å². The molecule has 2 rings (SSSR count). The van der Waals surface area contributed by atoms with E-state index < -0.39 is 5.97 Å². The first-order valence-corrected chi connectivity index (χ1v) is 6.07. The van der Waals surface area contributed by atoms with Gasteiger partial charge in [0, 0.05) is 12.1 Å². The first-order valence-electron chi connectivity index (χ1n) is 6.07. The molecule has 0 fully saturated rings. The van der Waals surface area contributed by atoms with Crippen LogP contribution in [0.25, 0.3) is 0 Å². The molecule has 0 atom stereocenters. The zero-order valence-electron chi connectivity index (χ0n) is 10.7. The van der Waals surface area contributed by atoms with Crippen LogP contribution in [0, 0.1) is 6.92 Å². The normalized spacial score (nSPS) is 10.2. The van der Waals surface area contributed by atoms with E-state index in [0.29, 0.717) is 13.2 Å². The average Bonchev–Trinajstić information content (AvgIpc) is 2.39. The van der Waals surface area contributed by atoms with E-state index >= 15 is 0 Å². The van der Waals surface area contributed by atoms with Crippen molar-refractivity contribution in [1.29, 1.82) is 0 Å². The van der Waals surface area contributed by atoms with Crippen LogP contribution < -0.4 is 9.30 Å². The van der Waals surface area contributed by atoms with Crippen LogP contribution in [-0.4, -0.2) is 17.7 Å². The summed E-state index contributed by atoms with van der Waals surface area (Å²) >= 11 is 0. The maximum atomic E-state index is 10.7. The summed E-state index contributed by atoms with van der Waals surface area (Å²) in [5.41, 5.74) is 1.45. The molecule has 0 unspecified atom stereocenters. The number of carboxylic acids is 1. The highest BCUT2D eigenvalue weighted by Gasteiger charge is 2.06. The van der Waals surface area contributed by atoms with Crippen molar-refractivity contribution >= 4 is 5.97 Å². The Bertz CT molecular complexity index is 564. The summed E-state index contributed by atoms with van der Waals surface area (Å²) in [6, 6.07) is 11.0. The third-order valence-corrected chi connectivity index (χ3v) is 2.75. The number of pyridine rings is 1. The number of hydrogen-bond donors (Lipinski definition) is 1. The number of ether oxygens (including phenoxy) is 1. The molecule has 98 valence electrons. The lowest BCUT2D eigenvalue weighted by atomic mass is 10.2. The molecule has 2 aromatic rings. The van der Waals surface area contributed by atoms with E-state index in [1.165, 1.54) is 0 Å². The molecule has 4 heteroatoms. The van der Waals surface area contributed by atoms with E-state index in [1.807, 2.05) is 35.8 Å². The van der Waals surface area contributed by atoms with Crippen molar-refractivity contribution in [2.24, 2.45) is 0 Å². The van der Waals surface area contributed by atoms with Crippen LogP contribution in [0.15, 0.2) is 48.8 Å². The highest BCUT2D eigenvalue weighted by Crippen LogP contribution is 2.11. The Morgan fingerprint density at radius 3 is 2.63 bits per heavy atom. The molecule has 0 saturated heterocycles. The van der Waals surface area contributed by atoms with Gasteiger partial charge in [-0.25, -0.2) is 9.36 Å². The van der Waals surface area contributed by atoms with E-state index in [1.54, 1.807) is 24.5 Å². The summed E-state index contributed by atoms with van der Waals surface area (Å²) in [5, 5.41) is 8.79. The van der Waals surface area contributed by atoms with E-state index in [4.69, 9.17) is 9.84 Å². The molecule has 1 N–H and O–H groups in total. The maximum Gasteiger partial charge on any atom is 0.336 e. The molecule has 0 radical (unpaired) electrons. The Labute approximate surface area is 111 Å². The second-order valence-electron chi connectivity index (χ2n) is 4.29. The zero-order chi connectivity index (χ0) is 13.7. The molecule has 0 spiro atoms. The summed E-state index contributed by atoms with van der Waals surface area (Å²) < 4.78 is 7.52. The van der Waals surface area contributed by atoms with Crippen LogP contribution in [0.3, 0.4) is 0 Å². The third kappa shape index (κ3) is 3.81. The number of aromatic nitrogens is 1. The molecule has 4 nitrogen and oxygen atoms in total. The summed E-state index contributed by atoms with van der Waals surface area (Å²) in [7, 11) is 0. The topological polar surface area (TPSA) is 50.4 Å². The number of nitrogens with zero attached hydrogens (tertiary/aromatic N) is 1. The van der Waals surface area contributed by atoms with Gasteiger partial charge in [0.15, 0.2) is 18.9 Å². The first-order chi connectivity index (χ1) is 9.15. The summed E-state index contributed by atoms with van der Waals surface area (Å²) in [5.74, 6) is -0.0640. The minimum atomic E-state index is -0.914. The number of carbonyl (C=O) groups is 1. The summed E-state index contributed by atoms with van der Waals surface area (Å²) in [6.07, 6.45) is 3.48. The predicted molar refractivity (Wildman–Crippen MR) is 70.3 cm³/mol. The Morgan fingerprint density at radius 1 is 1.26 bits per heavy atom. The van der Waals surface area contributed by atoms with Gasteiger partial charge in [0.1, 0.15) is 12.4 Å². The van der Waals surface area contributed by atoms with Gasteiger partial charge in [-0.2, -0.15) is 0 Å². The van der Waals surface area contributed by atoms with Crippen molar-refractivity contribution in [3.63, 3.8) is 0 Å². The van der Waals surface area contributed by atoms with E-state index in [2.05, 4.69) is 0 Å². The predicted octanol–water partition coefficient (Wildman–Crippen LogP) is 2.06. The fourth-order valence-corrected chi connectivity index (χ4v) is 1.72. The Morgan fingerprint density at radius 2 is 2.00 bits per heavy atom. The van der Waals surface area contributed by atoms with Crippen molar-refractivity contribution in [3.8, 4) is 5.75 Å². The molecular formula is C15H16NO3+. The maximum absolute atomic E-state index is 10.7. The smallest absolute Gasteiger partial charge is 0.336 e. The number of aromatic carboxylic acids is 1. The molecule has 0 amide bonds. The van der Waals surface area contributed by atoms with Gasteiger partial charge in [-0.3, -0.25) is 0 Å². The Hall–Kier alpha value is -2.36. The Kier molecular flexibility index (Phi) is 4.13. The highest BCUT2D eigenvalue weighted by atomic mass is 16.5. The van der Waals surface area contributed by atoms with Gasteiger partial charge in [-0.15, -0.1) is 0 Å². The lowest BCUT2D eigenvalue weighted by Gasteiger charge is -2.04. The molecule has 0 aliphatic carbocycles. The van der Waals surface area contributed by atoms with Gasteiger partial charge in [0.25, 0.3) is 0 Å². The van der Waals surface area contributed by atoms with Crippen LogP contribution in [0.2, 0.25) is 0 Å². The van der Waals surface area contributed by atoms with Gasteiger partial charge in [-0.1, -0.05) is 12.1 Å². The van der Waals surface area contributed by atoms with Crippen LogP contribution in [0.5, 0.6) is 5.75 Å². The molecule has 1 aromatic carbocycles. The molecule has 0 aliphatic heterocycles. The zero-order valence-corrected chi connectivity index (χ0v) is 10.7.